The SMILES string of the molecule is CC(C)NS(=O)(=O)Cc1ccccc1CNC(=O)CCCCC(=O)O. The Morgan fingerprint density at radius 1 is 1.08 bits per heavy atom. The molecule has 1 aromatic rings. The summed E-state index contributed by atoms with van der Waals surface area (Å²) in [6.45, 7) is 3.76. The van der Waals surface area contributed by atoms with Crippen LogP contribution >= 0.6 is 0 Å². The fourth-order valence-corrected chi connectivity index (χ4v) is 3.81. The minimum absolute atomic E-state index is 0.0524. The first-order valence-corrected chi connectivity index (χ1v) is 9.90. The number of aliphatic carboxylic acids is 1. The fraction of sp³-hybridized carbons (Fsp3) is 0.529. The molecule has 0 saturated carbocycles. The van der Waals surface area contributed by atoms with Crippen molar-refractivity contribution in [1.29, 1.82) is 0 Å². The molecule has 0 aliphatic carbocycles. The number of carboxylic acid groups (broad SMARTS) is 1. The molecule has 3 N–H and O–H groups in total. The lowest BCUT2D eigenvalue weighted by molar-refractivity contribution is -0.137. The molecule has 25 heavy (non-hydrogen) atoms. The summed E-state index contributed by atoms with van der Waals surface area (Å²) < 4.78 is 26.7. The summed E-state index contributed by atoms with van der Waals surface area (Å²) in [6, 6.07) is 6.89. The summed E-state index contributed by atoms with van der Waals surface area (Å²) in [6.07, 6.45) is 1.27. The average Bonchev–Trinajstić information content (AvgIpc) is 2.48. The number of hydrogen-bond donors (Lipinski definition) is 3. The molecule has 7 nitrogen and oxygen atoms in total. The Morgan fingerprint density at radius 2 is 1.68 bits per heavy atom. The molecule has 0 heterocycles. The molecule has 0 aromatic heterocycles. The minimum atomic E-state index is -3.44. The zero-order valence-electron chi connectivity index (χ0n) is 14.6. The molecule has 0 atom stereocenters. The van der Waals surface area contributed by atoms with E-state index in [0.29, 0.717) is 18.4 Å². The van der Waals surface area contributed by atoms with Crippen molar-refractivity contribution in [2.45, 2.75) is 57.9 Å². The number of nitrogens with one attached hydrogen (secondary N) is 2. The van der Waals surface area contributed by atoms with Gasteiger partial charge in [-0.3, -0.25) is 9.59 Å². The molecular weight excluding hydrogens is 344 g/mol. The second-order valence-electron chi connectivity index (χ2n) is 6.18. The summed E-state index contributed by atoms with van der Waals surface area (Å²) >= 11 is 0. The van der Waals surface area contributed by atoms with Gasteiger partial charge in [-0.05, 0) is 37.8 Å². The smallest absolute Gasteiger partial charge is 0.303 e. The first-order valence-electron chi connectivity index (χ1n) is 8.25. The number of rotatable bonds is 11. The van der Waals surface area contributed by atoms with Crippen LogP contribution < -0.4 is 10.0 Å². The van der Waals surface area contributed by atoms with Crippen molar-refractivity contribution < 1.29 is 23.1 Å². The third kappa shape index (κ3) is 9.21. The number of carboxylic acids is 1. The van der Waals surface area contributed by atoms with Gasteiger partial charge in [-0.25, -0.2) is 13.1 Å². The number of sulfonamides is 1. The molecule has 0 unspecified atom stereocenters. The Morgan fingerprint density at radius 3 is 2.28 bits per heavy atom. The van der Waals surface area contributed by atoms with Crippen LogP contribution in [-0.2, 0) is 31.9 Å². The van der Waals surface area contributed by atoms with E-state index in [2.05, 4.69) is 10.0 Å². The zero-order valence-corrected chi connectivity index (χ0v) is 15.4. The summed E-state index contributed by atoms with van der Waals surface area (Å²) in [7, 11) is -3.44. The second-order valence-corrected chi connectivity index (χ2v) is 7.93. The molecule has 0 spiro atoms. The first kappa shape index (κ1) is 21.1. The van der Waals surface area contributed by atoms with E-state index in [9.17, 15) is 18.0 Å². The first-order chi connectivity index (χ1) is 11.7. The van der Waals surface area contributed by atoms with Crippen LogP contribution in [0.5, 0.6) is 0 Å². The number of benzene rings is 1. The van der Waals surface area contributed by atoms with Gasteiger partial charge in [-0.2, -0.15) is 0 Å². The van der Waals surface area contributed by atoms with Gasteiger partial charge in [0.15, 0.2) is 0 Å². The van der Waals surface area contributed by atoms with E-state index in [4.69, 9.17) is 5.11 Å². The highest BCUT2D eigenvalue weighted by atomic mass is 32.2. The van der Waals surface area contributed by atoms with Crippen molar-refractivity contribution in [3.8, 4) is 0 Å². The van der Waals surface area contributed by atoms with E-state index in [1.54, 1.807) is 38.1 Å². The third-order valence-electron chi connectivity index (χ3n) is 3.40. The summed E-state index contributed by atoms with van der Waals surface area (Å²) in [5.74, 6) is -1.19. The third-order valence-corrected chi connectivity index (χ3v) is 4.92. The van der Waals surface area contributed by atoms with Crippen LogP contribution in [-0.4, -0.2) is 31.4 Å². The van der Waals surface area contributed by atoms with Crippen LogP contribution in [0, 0.1) is 0 Å². The number of carbonyl (C=O) groups is 2. The lowest BCUT2D eigenvalue weighted by Crippen LogP contribution is -2.31. The monoisotopic (exact) mass is 370 g/mol. The predicted octanol–water partition coefficient (Wildman–Crippen LogP) is 1.78. The van der Waals surface area contributed by atoms with Gasteiger partial charge in [0.05, 0.1) is 5.75 Å². The molecule has 1 amide bonds. The largest absolute Gasteiger partial charge is 0.481 e. The molecule has 0 saturated heterocycles. The standard InChI is InChI=1S/C17H26N2O5S/c1-13(2)19-25(23,24)12-15-8-4-3-7-14(15)11-18-16(20)9-5-6-10-17(21)22/h3-4,7-8,13,19H,5-6,9-12H2,1-2H3,(H,18,20)(H,21,22). The van der Waals surface area contributed by atoms with Gasteiger partial charge in [-0.15, -0.1) is 0 Å². The Kier molecular flexibility index (Phi) is 8.57. The molecule has 0 fully saturated rings. The molecule has 0 bridgehead atoms. The number of amides is 1. The van der Waals surface area contributed by atoms with Gasteiger partial charge in [-0.1, -0.05) is 24.3 Å². The summed E-state index contributed by atoms with van der Waals surface area (Å²) in [5, 5.41) is 11.3. The van der Waals surface area contributed by atoms with Crippen LogP contribution in [0.2, 0.25) is 0 Å². The molecule has 140 valence electrons. The maximum absolute atomic E-state index is 12.1. The fourth-order valence-electron chi connectivity index (χ4n) is 2.32. The van der Waals surface area contributed by atoms with Gasteiger partial charge in [0.25, 0.3) is 0 Å². The van der Waals surface area contributed by atoms with E-state index in [1.165, 1.54) is 0 Å². The highest BCUT2D eigenvalue weighted by Crippen LogP contribution is 2.12. The maximum Gasteiger partial charge on any atom is 0.303 e. The zero-order chi connectivity index (χ0) is 18.9. The lowest BCUT2D eigenvalue weighted by atomic mass is 10.1. The van der Waals surface area contributed by atoms with Crippen molar-refractivity contribution in [3.05, 3.63) is 35.4 Å². The van der Waals surface area contributed by atoms with Crippen molar-refractivity contribution in [3.63, 3.8) is 0 Å². The maximum atomic E-state index is 12.1. The van der Waals surface area contributed by atoms with Gasteiger partial charge in [0, 0.05) is 25.4 Å². The predicted molar refractivity (Wildman–Crippen MR) is 95.3 cm³/mol. The van der Waals surface area contributed by atoms with Crippen LogP contribution in [0.25, 0.3) is 0 Å². The number of unbranched alkanes of at least 4 members (excludes halogenated alkanes) is 1. The second kappa shape index (κ2) is 10.1. The van der Waals surface area contributed by atoms with E-state index in [1.807, 2.05) is 0 Å². The molecule has 0 radical (unpaired) electrons. The quantitative estimate of drug-likeness (QED) is 0.514. The Hall–Kier alpha value is -1.93. The summed E-state index contributed by atoms with van der Waals surface area (Å²) in [5.41, 5.74) is 1.39. The van der Waals surface area contributed by atoms with Crippen molar-refractivity contribution >= 4 is 21.9 Å². The van der Waals surface area contributed by atoms with E-state index >= 15 is 0 Å². The van der Waals surface area contributed by atoms with Gasteiger partial charge >= 0.3 is 5.97 Å². The topological polar surface area (TPSA) is 113 Å². The van der Waals surface area contributed by atoms with Crippen molar-refractivity contribution in [2.75, 3.05) is 0 Å². The summed E-state index contributed by atoms with van der Waals surface area (Å²) in [4.78, 5) is 22.2. The van der Waals surface area contributed by atoms with Crippen LogP contribution in [0.4, 0.5) is 0 Å². The van der Waals surface area contributed by atoms with E-state index in [0.717, 1.165) is 5.56 Å². The van der Waals surface area contributed by atoms with E-state index in [-0.39, 0.29) is 37.1 Å². The molecule has 0 aliphatic heterocycles. The number of carbonyl (C=O) groups excluding carboxylic acids is 1. The van der Waals surface area contributed by atoms with Crippen LogP contribution in [0.15, 0.2) is 24.3 Å². The van der Waals surface area contributed by atoms with Crippen LogP contribution in [0.3, 0.4) is 0 Å². The normalized spacial score (nSPS) is 11.5. The number of hydrogen-bond acceptors (Lipinski definition) is 4. The highest BCUT2D eigenvalue weighted by molar-refractivity contribution is 7.88. The highest BCUT2D eigenvalue weighted by Gasteiger charge is 2.15. The molecule has 8 heteroatoms. The van der Waals surface area contributed by atoms with Crippen molar-refractivity contribution in [1.82, 2.24) is 10.0 Å². The van der Waals surface area contributed by atoms with Crippen molar-refractivity contribution in [2.24, 2.45) is 0 Å². The molecule has 1 rings (SSSR count). The molecule has 0 aliphatic rings. The Balaban J connectivity index is 2.57. The van der Waals surface area contributed by atoms with Gasteiger partial charge < -0.3 is 10.4 Å². The van der Waals surface area contributed by atoms with E-state index < -0.39 is 16.0 Å². The molecule has 1 aromatic carbocycles. The minimum Gasteiger partial charge on any atom is -0.481 e. The Bertz CT molecular complexity index is 686. The lowest BCUT2D eigenvalue weighted by Gasteiger charge is -2.13. The molecular formula is C17H26N2O5S. The van der Waals surface area contributed by atoms with Gasteiger partial charge in [0.2, 0.25) is 15.9 Å². The van der Waals surface area contributed by atoms with Gasteiger partial charge in [0.1, 0.15) is 0 Å². The average molecular weight is 370 g/mol. The Labute approximate surface area is 148 Å². The van der Waals surface area contributed by atoms with Crippen LogP contribution in [0.1, 0.15) is 50.7 Å².